The lowest BCUT2D eigenvalue weighted by Crippen LogP contribution is -2.33. The maximum atomic E-state index is 13.0. The number of carbonyl (C=O) groups is 2. The van der Waals surface area contributed by atoms with Gasteiger partial charge in [0.1, 0.15) is 11.6 Å². The van der Waals surface area contributed by atoms with Gasteiger partial charge in [0.05, 0.1) is 12.5 Å². The SMILES string of the molecule is CC(c1ccc(F)cc1)N(C)C(=O)COc1ccc(CC(=O)O)cc1. The van der Waals surface area contributed by atoms with Crippen LogP contribution in [0.4, 0.5) is 4.39 Å². The van der Waals surface area contributed by atoms with Gasteiger partial charge in [0.25, 0.3) is 5.91 Å². The van der Waals surface area contributed by atoms with E-state index in [2.05, 4.69) is 0 Å². The number of hydrogen-bond acceptors (Lipinski definition) is 3. The van der Waals surface area contributed by atoms with Crippen molar-refractivity contribution in [3.05, 3.63) is 65.5 Å². The van der Waals surface area contributed by atoms with Gasteiger partial charge in [-0.2, -0.15) is 0 Å². The molecule has 25 heavy (non-hydrogen) atoms. The first-order valence-electron chi connectivity index (χ1n) is 7.81. The first kappa shape index (κ1) is 18.4. The topological polar surface area (TPSA) is 66.8 Å². The molecule has 1 amide bonds. The summed E-state index contributed by atoms with van der Waals surface area (Å²) in [4.78, 5) is 24.4. The van der Waals surface area contributed by atoms with Crippen LogP contribution in [0.1, 0.15) is 24.1 Å². The number of carbonyl (C=O) groups excluding carboxylic acids is 1. The Morgan fingerprint density at radius 1 is 1.12 bits per heavy atom. The highest BCUT2D eigenvalue weighted by Crippen LogP contribution is 2.19. The van der Waals surface area contributed by atoms with Crippen LogP contribution in [-0.4, -0.2) is 35.5 Å². The fourth-order valence-electron chi connectivity index (χ4n) is 2.31. The van der Waals surface area contributed by atoms with Crippen molar-refractivity contribution in [2.24, 2.45) is 0 Å². The molecule has 0 spiro atoms. The molecule has 0 saturated heterocycles. The van der Waals surface area contributed by atoms with Crippen molar-refractivity contribution >= 4 is 11.9 Å². The fraction of sp³-hybridized carbons (Fsp3) is 0.263. The van der Waals surface area contributed by atoms with Crippen molar-refractivity contribution in [1.82, 2.24) is 4.90 Å². The molecule has 0 bridgehead atoms. The van der Waals surface area contributed by atoms with E-state index in [-0.39, 0.29) is 30.8 Å². The standard InChI is InChI=1S/C19H20FNO4/c1-13(15-5-7-16(20)8-6-15)21(2)18(22)12-25-17-9-3-14(4-10-17)11-19(23)24/h3-10,13H,11-12H2,1-2H3,(H,23,24). The largest absolute Gasteiger partial charge is 0.484 e. The van der Waals surface area contributed by atoms with Crippen LogP contribution in [0.3, 0.4) is 0 Å². The zero-order valence-corrected chi connectivity index (χ0v) is 14.1. The summed E-state index contributed by atoms with van der Waals surface area (Å²) < 4.78 is 18.4. The van der Waals surface area contributed by atoms with Crippen LogP contribution in [0.15, 0.2) is 48.5 Å². The van der Waals surface area contributed by atoms with Crippen LogP contribution in [-0.2, 0) is 16.0 Å². The number of halogens is 1. The summed E-state index contributed by atoms with van der Waals surface area (Å²) in [7, 11) is 1.66. The van der Waals surface area contributed by atoms with E-state index in [0.29, 0.717) is 11.3 Å². The van der Waals surface area contributed by atoms with E-state index in [1.165, 1.54) is 17.0 Å². The van der Waals surface area contributed by atoms with Gasteiger partial charge >= 0.3 is 5.97 Å². The summed E-state index contributed by atoms with van der Waals surface area (Å²) >= 11 is 0. The third-order valence-corrected chi connectivity index (χ3v) is 3.97. The number of nitrogens with zero attached hydrogens (tertiary/aromatic N) is 1. The molecule has 0 heterocycles. The van der Waals surface area contributed by atoms with Gasteiger partial charge in [-0.1, -0.05) is 24.3 Å². The van der Waals surface area contributed by atoms with E-state index < -0.39 is 5.97 Å². The molecule has 0 aliphatic heterocycles. The highest BCUT2D eigenvalue weighted by Gasteiger charge is 2.18. The van der Waals surface area contributed by atoms with Crippen molar-refractivity contribution in [3.8, 4) is 5.75 Å². The number of aliphatic carboxylic acids is 1. The Morgan fingerprint density at radius 3 is 2.28 bits per heavy atom. The average Bonchev–Trinajstić information content (AvgIpc) is 2.59. The first-order valence-corrected chi connectivity index (χ1v) is 7.81. The Kier molecular flexibility index (Phi) is 6.11. The van der Waals surface area contributed by atoms with Gasteiger partial charge in [0, 0.05) is 7.05 Å². The van der Waals surface area contributed by atoms with Gasteiger partial charge in [-0.15, -0.1) is 0 Å². The maximum Gasteiger partial charge on any atom is 0.307 e. The number of hydrogen-bond donors (Lipinski definition) is 1. The van der Waals surface area contributed by atoms with Crippen molar-refractivity contribution in [3.63, 3.8) is 0 Å². The molecule has 2 aromatic rings. The van der Waals surface area contributed by atoms with Crippen LogP contribution >= 0.6 is 0 Å². The Bertz CT molecular complexity index is 728. The Hall–Kier alpha value is -2.89. The molecule has 0 radical (unpaired) electrons. The molecular formula is C19H20FNO4. The molecule has 1 atom stereocenters. The molecule has 0 aromatic heterocycles. The van der Waals surface area contributed by atoms with E-state index >= 15 is 0 Å². The second-order valence-electron chi connectivity index (χ2n) is 5.74. The van der Waals surface area contributed by atoms with Crippen LogP contribution in [0.2, 0.25) is 0 Å². The van der Waals surface area contributed by atoms with Crippen molar-refractivity contribution in [2.45, 2.75) is 19.4 Å². The number of benzene rings is 2. The number of ether oxygens (including phenoxy) is 1. The zero-order chi connectivity index (χ0) is 18.4. The van der Waals surface area contributed by atoms with E-state index in [1.807, 2.05) is 6.92 Å². The summed E-state index contributed by atoms with van der Waals surface area (Å²) in [6.07, 6.45) is -0.0584. The number of likely N-dealkylation sites (N-methyl/N-ethyl adjacent to an activating group) is 1. The van der Waals surface area contributed by atoms with E-state index in [9.17, 15) is 14.0 Å². The normalized spacial score (nSPS) is 11.6. The molecule has 2 aromatic carbocycles. The number of carboxylic acids is 1. The fourth-order valence-corrected chi connectivity index (χ4v) is 2.31. The van der Waals surface area contributed by atoms with Crippen LogP contribution in [0, 0.1) is 5.82 Å². The highest BCUT2D eigenvalue weighted by molar-refractivity contribution is 5.78. The Morgan fingerprint density at radius 2 is 1.72 bits per heavy atom. The molecule has 0 fully saturated rings. The third kappa shape index (κ3) is 5.31. The monoisotopic (exact) mass is 345 g/mol. The minimum atomic E-state index is -0.903. The van der Waals surface area contributed by atoms with Gasteiger partial charge in [-0.05, 0) is 42.3 Å². The van der Waals surface area contributed by atoms with Crippen LogP contribution in [0.5, 0.6) is 5.75 Å². The van der Waals surface area contributed by atoms with Crippen LogP contribution < -0.4 is 4.74 Å². The number of rotatable bonds is 7. The molecule has 6 heteroatoms. The molecule has 0 aliphatic rings. The molecule has 1 unspecified atom stereocenters. The van der Waals surface area contributed by atoms with Crippen molar-refractivity contribution < 1.29 is 23.8 Å². The van der Waals surface area contributed by atoms with Gasteiger partial charge in [0.15, 0.2) is 6.61 Å². The van der Waals surface area contributed by atoms with Crippen molar-refractivity contribution in [1.29, 1.82) is 0 Å². The summed E-state index contributed by atoms with van der Waals surface area (Å²) in [6.45, 7) is 1.71. The molecule has 1 N–H and O–H groups in total. The molecule has 5 nitrogen and oxygen atoms in total. The summed E-state index contributed by atoms with van der Waals surface area (Å²) in [5.41, 5.74) is 1.49. The molecule has 132 valence electrons. The summed E-state index contributed by atoms with van der Waals surface area (Å²) in [5.74, 6) is -0.948. The number of carboxylic acid groups (broad SMARTS) is 1. The lowest BCUT2D eigenvalue weighted by molar-refractivity contribution is -0.136. The van der Waals surface area contributed by atoms with E-state index in [0.717, 1.165) is 5.56 Å². The Labute approximate surface area is 145 Å². The smallest absolute Gasteiger partial charge is 0.307 e. The Balaban J connectivity index is 1.90. The first-order chi connectivity index (χ1) is 11.9. The minimum absolute atomic E-state index is 0.0584. The van der Waals surface area contributed by atoms with Gasteiger partial charge in [-0.25, -0.2) is 4.39 Å². The van der Waals surface area contributed by atoms with E-state index in [4.69, 9.17) is 9.84 Å². The lowest BCUT2D eigenvalue weighted by Gasteiger charge is -2.25. The molecule has 2 rings (SSSR count). The average molecular weight is 345 g/mol. The molecular weight excluding hydrogens is 325 g/mol. The quantitative estimate of drug-likeness (QED) is 0.837. The molecule has 0 saturated carbocycles. The predicted octanol–water partition coefficient (Wildman–Crippen LogP) is 3.05. The molecule has 0 aliphatic carbocycles. The van der Waals surface area contributed by atoms with Gasteiger partial charge in [-0.3, -0.25) is 9.59 Å². The maximum absolute atomic E-state index is 13.0. The minimum Gasteiger partial charge on any atom is -0.484 e. The van der Waals surface area contributed by atoms with Crippen molar-refractivity contribution in [2.75, 3.05) is 13.7 Å². The second-order valence-corrected chi connectivity index (χ2v) is 5.74. The zero-order valence-electron chi connectivity index (χ0n) is 14.1. The summed E-state index contributed by atoms with van der Waals surface area (Å²) in [6, 6.07) is 12.4. The lowest BCUT2D eigenvalue weighted by atomic mass is 10.1. The predicted molar refractivity (Wildman–Crippen MR) is 90.9 cm³/mol. The van der Waals surface area contributed by atoms with E-state index in [1.54, 1.807) is 43.4 Å². The van der Waals surface area contributed by atoms with Gasteiger partial charge in [0.2, 0.25) is 0 Å². The summed E-state index contributed by atoms with van der Waals surface area (Å²) in [5, 5.41) is 8.73. The third-order valence-electron chi connectivity index (χ3n) is 3.97. The second kappa shape index (κ2) is 8.28. The number of amides is 1. The van der Waals surface area contributed by atoms with Crippen LogP contribution in [0.25, 0.3) is 0 Å². The highest BCUT2D eigenvalue weighted by atomic mass is 19.1. The van der Waals surface area contributed by atoms with Gasteiger partial charge < -0.3 is 14.7 Å².